The monoisotopic (exact) mass is 882 g/mol. The molecule has 16 rings (SSSR count). The van der Waals surface area contributed by atoms with Gasteiger partial charge in [-0.1, -0.05) is 218 Å². The van der Waals surface area contributed by atoms with Gasteiger partial charge in [-0.05, 0) is 117 Å². The summed E-state index contributed by atoms with van der Waals surface area (Å²) in [6, 6.07) is 76.4. The van der Waals surface area contributed by atoms with Crippen LogP contribution in [0.25, 0.3) is 66.8 Å². The molecule has 69 heavy (non-hydrogen) atoms. The first kappa shape index (κ1) is 38.1. The van der Waals surface area contributed by atoms with E-state index in [1.54, 1.807) is 0 Å². The van der Waals surface area contributed by atoms with Crippen molar-refractivity contribution in [3.05, 3.63) is 285 Å². The maximum atomic E-state index is 15.1. The van der Waals surface area contributed by atoms with Gasteiger partial charge in [0.25, 0.3) is 0 Å². The topological polar surface area (TPSA) is 60.7 Å². The number of hydrogen-bond donors (Lipinski definition) is 3. The van der Waals surface area contributed by atoms with Crippen molar-refractivity contribution in [2.45, 2.75) is 34.6 Å². The van der Waals surface area contributed by atoms with Crippen molar-refractivity contribution in [3.63, 3.8) is 0 Å². The largest absolute Gasteiger partial charge is 0.379 e. The van der Waals surface area contributed by atoms with Crippen LogP contribution in [-0.2, 0) is 16.8 Å². The van der Waals surface area contributed by atoms with E-state index in [4.69, 9.17) is 0 Å². The maximum Gasteiger partial charge on any atom is 0.127 e. The highest BCUT2D eigenvalue weighted by Crippen LogP contribution is 2.74. The molecule has 10 aromatic carbocycles. The molecular weight excluding hydrogens is 841 g/mol. The maximum absolute atomic E-state index is 15.1. The third-order valence-corrected chi connectivity index (χ3v) is 17.2. The van der Waals surface area contributed by atoms with Gasteiger partial charge in [-0.15, -0.1) is 0 Å². The minimum atomic E-state index is -1.67. The van der Waals surface area contributed by atoms with Crippen LogP contribution >= 0.6 is 0 Å². The lowest BCUT2D eigenvalue weighted by molar-refractivity contribution is 0.0610. The molecule has 3 heteroatoms. The summed E-state index contributed by atoms with van der Waals surface area (Å²) in [6.07, 6.45) is 0. The summed E-state index contributed by atoms with van der Waals surface area (Å²) in [5.74, 6) is -1.56. The molecule has 0 saturated carbocycles. The van der Waals surface area contributed by atoms with Gasteiger partial charge in [-0.3, -0.25) is 0 Å². The molecule has 0 aromatic heterocycles. The molecule has 0 amide bonds. The first-order valence-electron chi connectivity index (χ1n) is 24.2. The molecule has 0 radical (unpaired) electrons. The SMILES string of the molecule is O[C@@]1(C2c3ccccc3-c3ccccc32)c2ccccc2-c2c1c1c(c3c2[C@](O)(C2c4ccccc4-c4ccccc42)c2ccccc2-3)[C@](O)(C2c3ccccc3-c3ccccc32)c2ccccc2-1. The summed E-state index contributed by atoms with van der Waals surface area (Å²) in [5, 5.41) is 45.2. The van der Waals surface area contributed by atoms with Gasteiger partial charge >= 0.3 is 0 Å². The van der Waals surface area contributed by atoms with Crippen LogP contribution in [0.2, 0.25) is 0 Å². The van der Waals surface area contributed by atoms with Gasteiger partial charge in [0.1, 0.15) is 16.8 Å². The quantitative estimate of drug-likeness (QED) is 0.166. The zero-order chi connectivity index (χ0) is 45.5. The van der Waals surface area contributed by atoms with E-state index in [9.17, 15) is 0 Å². The molecule has 6 aliphatic carbocycles. The molecule has 0 spiro atoms. The lowest BCUT2D eigenvalue weighted by Crippen LogP contribution is -2.37. The molecule has 6 aliphatic rings. The minimum absolute atomic E-state index is 0.520. The molecular formula is C66H42O3. The smallest absolute Gasteiger partial charge is 0.127 e. The van der Waals surface area contributed by atoms with Gasteiger partial charge in [0.15, 0.2) is 0 Å². The summed E-state index contributed by atoms with van der Waals surface area (Å²) in [5.41, 5.74) is 17.8. The Labute approximate surface area is 399 Å². The fraction of sp³-hybridized carbons (Fsp3) is 0.0909. The van der Waals surface area contributed by atoms with Crippen molar-refractivity contribution in [1.82, 2.24) is 0 Å². The molecule has 3 N–H and O–H groups in total. The Bertz CT molecular complexity index is 3390. The number of rotatable bonds is 3. The fourth-order valence-corrected chi connectivity index (χ4v) is 14.9. The van der Waals surface area contributed by atoms with Crippen LogP contribution in [-0.4, -0.2) is 15.3 Å². The van der Waals surface area contributed by atoms with E-state index in [0.29, 0.717) is 0 Å². The number of benzene rings is 10. The van der Waals surface area contributed by atoms with Crippen molar-refractivity contribution in [2.24, 2.45) is 0 Å². The van der Waals surface area contributed by atoms with E-state index < -0.39 is 34.6 Å². The zero-order valence-corrected chi connectivity index (χ0v) is 37.4. The van der Waals surface area contributed by atoms with Gasteiger partial charge in [0.05, 0.1) is 0 Å². The van der Waals surface area contributed by atoms with Crippen LogP contribution in [0.15, 0.2) is 218 Å². The normalized spacial score (nSPS) is 21.3. The lowest BCUT2D eigenvalue weighted by atomic mass is 9.67. The molecule has 0 unspecified atom stereocenters. The second-order valence-electron chi connectivity index (χ2n) is 20.0. The van der Waals surface area contributed by atoms with E-state index in [-0.39, 0.29) is 0 Å². The van der Waals surface area contributed by atoms with E-state index >= 15 is 15.3 Å². The summed E-state index contributed by atoms with van der Waals surface area (Å²) >= 11 is 0. The van der Waals surface area contributed by atoms with Crippen LogP contribution in [0.4, 0.5) is 0 Å². The van der Waals surface area contributed by atoms with E-state index in [2.05, 4.69) is 200 Å². The van der Waals surface area contributed by atoms with Crippen molar-refractivity contribution in [3.8, 4) is 66.8 Å². The molecule has 3 nitrogen and oxygen atoms in total. The van der Waals surface area contributed by atoms with Crippen molar-refractivity contribution in [1.29, 1.82) is 0 Å². The van der Waals surface area contributed by atoms with Gasteiger partial charge in [-0.25, -0.2) is 0 Å². The highest BCUT2D eigenvalue weighted by Gasteiger charge is 2.64. The predicted octanol–water partition coefficient (Wildman–Crippen LogP) is 13.8. The first-order valence-corrected chi connectivity index (χ1v) is 24.2. The number of hydrogen-bond acceptors (Lipinski definition) is 3. The Morgan fingerprint density at radius 1 is 0.217 bits per heavy atom. The molecule has 0 saturated heterocycles. The van der Waals surface area contributed by atoms with Crippen LogP contribution in [0.1, 0.15) is 84.5 Å². The van der Waals surface area contributed by atoms with Gasteiger partial charge in [-0.2, -0.15) is 0 Å². The highest BCUT2D eigenvalue weighted by molar-refractivity contribution is 6.06. The Morgan fingerprint density at radius 2 is 0.391 bits per heavy atom. The van der Waals surface area contributed by atoms with Crippen LogP contribution in [0.3, 0.4) is 0 Å². The summed E-state index contributed by atoms with van der Waals surface area (Å²) in [4.78, 5) is 0. The summed E-state index contributed by atoms with van der Waals surface area (Å²) < 4.78 is 0. The molecule has 0 bridgehead atoms. The molecule has 0 aliphatic heterocycles. The van der Waals surface area contributed by atoms with Crippen molar-refractivity contribution in [2.75, 3.05) is 0 Å². The Balaban J connectivity index is 1.13. The second-order valence-corrected chi connectivity index (χ2v) is 20.0. The highest BCUT2D eigenvalue weighted by atomic mass is 16.3. The number of fused-ring (bicyclic) bond motifs is 21. The summed E-state index contributed by atoms with van der Waals surface area (Å²) in [6.45, 7) is 0. The van der Waals surface area contributed by atoms with Gasteiger partial charge in [0, 0.05) is 34.4 Å². The van der Waals surface area contributed by atoms with E-state index in [1.807, 2.05) is 18.2 Å². The van der Waals surface area contributed by atoms with E-state index in [1.165, 1.54) is 0 Å². The zero-order valence-electron chi connectivity index (χ0n) is 37.4. The van der Waals surface area contributed by atoms with Crippen LogP contribution in [0, 0.1) is 0 Å². The van der Waals surface area contributed by atoms with Crippen molar-refractivity contribution < 1.29 is 15.3 Å². The standard InChI is InChI=1S/C66H42O3/c67-64(58-43-25-7-1-19-37(43)38-20-2-8-26-44(38)58)52-34-16-13-31-49(52)55-61(64)56-50-32-14-17-35-53(50)65(68,59-45-27-9-3-21-39(45)40-22-4-10-28-46(40)59)63(56)57-51-33-15-18-36-54(51)66(69,62(55)57)60-47-29-11-5-23-41(47)42-24-6-12-30-48(42)60/h1-36,58-60,67-69H/t64-,65-,66-/m1/s1. The van der Waals surface area contributed by atoms with Gasteiger partial charge in [0.2, 0.25) is 0 Å². The average Bonchev–Trinajstić information content (AvgIpc) is 4.21. The third kappa shape index (κ3) is 4.30. The average molecular weight is 883 g/mol. The lowest BCUT2D eigenvalue weighted by Gasteiger charge is -2.39. The van der Waals surface area contributed by atoms with Gasteiger partial charge < -0.3 is 15.3 Å². The molecule has 10 aromatic rings. The number of aliphatic hydroxyl groups is 3. The van der Waals surface area contributed by atoms with Crippen molar-refractivity contribution >= 4 is 0 Å². The van der Waals surface area contributed by atoms with E-state index in [0.717, 1.165) is 134 Å². The summed E-state index contributed by atoms with van der Waals surface area (Å²) in [7, 11) is 0. The van der Waals surface area contributed by atoms with Crippen LogP contribution in [0.5, 0.6) is 0 Å². The Hall–Kier alpha value is -7.92. The Morgan fingerprint density at radius 3 is 0.609 bits per heavy atom. The molecule has 324 valence electrons. The fourth-order valence-electron chi connectivity index (χ4n) is 14.9. The minimum Gasteiger partial charge on any atom is -0.379 e. The Kier molecular flexibility index (Phi) is 7.17. The van der Waals surface area contributed by atoms with Crippen LogP contribution < -0.4 is 0 Å². The molecule has 0 fully saturated rings. The second kappa shape index (κ2) is 13.0. The third-order valence-electron chi connectivity index (χ3n) is 17.2. The first-order chi connectivity index (χ1) is 33.9. The predicted molar refractivity (Wildman–Crippen MR) is 273 cm³/mol. The molecule has 3 atom stereocenters. The molecule has 0 heterocycles.